The molecule has 3 aromatic rings. The number of alkyl halides is 7. The van der Waals surface area contributed by atoms with E-state index in [2.05, 4.69) is 30.7 Å². The van der Waals surface area contributed by atoms with Gasteiger partial charge in [0.05, 0.1) is 29.5 Å². The Morgan fingerprint density at radius 3 is 2.55 bits per heavy atom. The number of H-pyrrole nitrogens is 1. The second-order valence-electron chi connectivity index (χ2n) is 10.4. The Bertz CT molecular complexity index is 1380. The average molecular weight is 606 g/mol. The van der Waals surface area contributed by atoms with Gasteiger partial charge in [0, 0.05) is 32.2 Å². The van der Waals surface area contributed by atoms with Gasteiger partial charge in [-0.2, -0.15) is 18.3 Å². The van der Waals surface area contributed by atoms with E-state index < -0.39 is 67.6 Å². The van der Waals surface area contributed by atoms with Crippen LogP contribution in [0.3, 0.4) is 0 Å². The Labute approximate surface area is 235 Å². The Balaban J connectivity index is 1.55. The summed E-state index contributed by atoms with van der Waals surface area (Å²) < 4.78 is 91.7. The number of amides is 2. The van der Waals surface area contributed by atoms with Crippen molar-refractivity contribution in [3.05, 3.63) is 41.7 Å². The van der Waals surface area contributed by atoms with Crippen LogP contribution >= 0.6 is 0 Å². The van der Waals surface area contributed by atoms with Crippen LogP contribution in [0.1, 0.15) is 86.0 Å². The molecule has 1 saturated carbocycles. The van der Waals surface area contributed by atoms with Crippen LogP contribution in [0.5, 0.6) is 0 Å². The molecule has 0 radical (unpaired) electrons. The molecule has 0 aliphatic heterocycles. The summed E-state index contributed by atoms with van der Waals surface area (Å²) in [6, 6.07) is 3.43. The van der Waals surface area contributed by atoms with Gasteiger partial charge in [-0.3, -0.25) is 9.59 Å². The van der Waals surface area contributed by atoms with E-state index in [1.165, 1.54) is 0 Å². The molecule has 2 atom stereocenters. The van der Waals surface area contributed by atoms with Crippen LogP contribution in [0, 0.1) is 5.92 Å². The number of aromatic amines is 1. The van der Waals surface area contributed by atoms with Crippen molar-refractivity contribution < 1.29 is 40.3 Å². The summed E-state index contributed by atoms with van der Waals surface area (Å²) in [7, 11) is 0. The first kappa shape index (κ1) is 31.2. The number of hydrogen-bond acceptors (Lipinski definition) is 5. The summed E-state index contributed by atoms with van der Waals surface area (Å²) in [5, 5.41) is 9.13. The van der Waals surface area contributed by atoms with Crippen LogP contribution in [0.2, 0.25) is 0 Å². The fraction of sp³-hybridized carbons (Fsp3) is 0.577. The van der Waals surface area contributed by atoms with Crippen LogP contribution in [-0.4, -0.2) is 55.1 Å². The Hall–Kier alpha value is -3.72. The lowest BCUT2D eigenvalue weighted by Crippen LogP contribution is -2.38. The van der Waals surface area contributed by atoms with E-state index in [4.69, 9.17) is 0 Å². The normalized spacial score (nSPS) is 17.4. The second kappa shape index (κ2) is 12.7. The van der Waals surface area contributed by atoms with Crippen LogP contribution in [-0.2, 0) is 11.3 Å². The van der Waals surface area contributed by atoms with Crippen molar-refractivity contribution in [2.24, 2.45) is 5.92 Å². The van der Waals surface area contributed by atoms with E-state index >= 15 is 0 Å². The lowest BCUT2D eigenvalue weighted by atomic mass is 9.81. The molecule has 42 heavy (non-hydrogen) atoms. The van der Waals surface area contributed by atoms with Crippen molar-refractivity contribution >= 4 is 22.8 Å². The van der Waals surface area contributed by atoms with Crippen molar-refractivity contribution in [3.63, 3.8) is 0 Å². The maximum Gasteiger partial charge on any atom is 0.389 e. The molecule has 9 nitrogen and oxygen atoms in total. The highest BCUT2D eigenvalue weighted by Crippen LogP contribution is 2.41. The van der Waals surface area contributed by atoms with E-state index in [0.29, 0.717) is 16.6 Å². The highest BCUT2D eigenvalue weighted by Gasteiger charge is 2.40. The molecule has 1 fully saturated rings. The zero-order chi connectivity index (χ0) is 30.7. The number of hydrogen-bond donors (Lipinski definition) is 3. The number of rotatable bonds is 11. The number of fused-ring (bicyclic) bond motifs is 1. The van der Waals surface area contributed by atoms with Crippen molar-refractivity contribution in [1.82, 2.24) is 35.4 Å². The van der Waals surface area contributed by atoms with Crippen molar-refractivity contribution in [3.8, 4) is 0 Å². The topological polar surface area (TPSA) is 118 Å². The predicted octanol–water partition coefficient (Wildman–Crippen LogP) is 5.63. The van der Waals surface area contributed by atoms with Gasteiger partial charge < -0.3 is 15.6 Å². The number of nitrogens with one attached hydrogen (secondary N) is 3. The molecular formula is C26H30F7N7O2. The summed E-state index contributed by atoms with van der Waals surface area (Å²) in [4.78, 5) is 36.7. The fourth-order valence-corrected chi connectivity index (χ4v) is 4.95. The van der Waals surface area contributed by atoms with Crippen LogP contribution in [0.15, 0.2) is 24.5 Å². The third kappa shape index (κ3) is 8.18. The quantitative estimate of drug-likeness (QED) is 0.245. The minimum atomic E-state index is -4.45. The van der Waals surface area contributed by atoms with Gasteiger partial charge in [0.1, 0.15) is 12.2 Å². The molecule has 4 rings (SSSR count). The summed E-state index contributed by atoms with van der Waals surface area (Å²) in [6.07, 6.45) is -9.10. The third-order valence-corrected chi connectivity index (χ3v) is 7.23. The SMILES string of the molecule is C[C@@H](NC(=O)CCC(F)(F)F)c1ccc2nc([C@@H](NC(=O)c3ncnn3CCC(F)F)C3CCC(F)(F)CC3)[nH]c2c1. The molecular weight excluding hydrogens is 575 g/mol. The van der Waals surface area contributed by atoms with Gasteiger partial charge in [-0.15, -0.1) is 0 Å². The van der Waals surface area contributed by atoms with Crippen LogP contribution in [0.4, 0.5) is 30.7 Å². The largest absolute Gasteiger partial charge is 0.389 e. The van der Waals surface area contributed by atoms with Gasteiger partial charge >= 0.3 is 6.18 Å². The number of halogens is 7. The van der Waals surface area contributed by atoms with Crippen molar-refractivity contribution in [1.29, 1.82) is 0 Å². The van der Waals surface area contributed by atoms with Gasteiger partial charge in [-0.1, -0.05) is 6.07 Å². The molecule has 3 N–H and O–H groups in total. The molecule has 1 aliphatic carbocycles. The first-order valence-corrected chi connectivity index (χ1v) is 13.4. The summed E-state index contributed by atoms with van der Waals surface area (Å²) in [6.45, 7) is 1.36. The molecule has 0 bridgehead atoms. The van der Waals surface area contributed by atoms with Gasteiger partial charge in [-0.25, -0.2) is 32.2 Å². The smallest absolute Gasteiger partial charge is 0.350 e. The van der Waals surface area contributed by atoms with E-state index in [1.807, 2.05) is 0 Å². The highest BCUT2D eigenvalue weighted by atomic mass is 19.4. The summed E-state index contributed by atoms with van der Waals surface area (Å²) >= 11 is 0. The zero-order valence-electron chi connectivity index (χ0n) is 22.5. The minimum absolute atomic E-state index is 0.0826. The lowest BCUT2D eigenvalue weighted by Gasteiger charge is -2.33. The third-order valence-electron chi connectivity index (χ3n) is 7.23. The predicted molar refractivity (Wildman–Crippen MR) is 136 cm³/mol. The second-order valence-corrected chi connectivity index (χ2v) is 10.4. The maximum absolute atomic E-state index is 13.9. The molecule has 0 spiro atoms. The molecule has 16 heteroatoms. The summed E-state index contributed by atoms with van der Waals surface area (Å²) in [5.41, 5.74) is 1.52. The fourth-order valence-electron chi connectivity index (χ4n) is 4.95. The Morgan fingerprint density at radius 2 is 1.88 bits per heavy atom. The number of aromatic nitrogens is 5. The monoisotopic (exact) mass is 605 g/mol. The number of carbonyl (C=O) groups is 2. The average Bonchev–Trinajstić information content (AvgIpc) is 3.55. The lowest BCUT2D eigenvalue weighted by molar-refractivity contribution is -0.144. The molecule has 1 aliphatic rings. The molecule has 0 unspecified atom stereocenters. The van der Waals surface area contributed by atoms with E-state index in [0.717, 1.165) is 11.0 Å². The molecule has 2 heterocycles. The zero-order valence-corrected chi connectivity index (χ0v) is 22.5. The van der Waals surface area contributed by atoms with E-state index in [9.17, 15) is 40.3 Å². The minimum Gasteiger partial charge on any atom is -0.350 e. The molecule has 1 aromatic carbocycles. The number of carbonyl (C=O) groups excluding carboxylic acids is 2. The first-order valence-electron chi connectivity index (χ1n) is 13.4. The number of aryl methyl sites for hydroxylation is 1. The van der Waals surface area contributed by atoms with E-state index in [-0.39, 0.29) is 43.9 Å². The van der Waals surface area contributed by atoms with Gasteiger partial charge in [0.2, 0.25) is 24.1 Å². The number of benzene rings is 1. The van der Waals surface area contributed by atoms with Crippen molar-refractivity contribution in [2.45, 2.75) is 89.0 Å². The van der Waals surface area contributed by atoms with Gasteiger partial charge in [-0.05, 0) is 43.4 Å². The van der Waals surface area contributed by atoms with Crippen molar-refractivity contribution in [2.75, 3.05) is 0 Å². The Kier molecular flexibility index (Phi) is 9.40. The summed E-state index contributed by atoms with van der Waals surface area (Å²) in [5.74, 6) is -4.70. The van der Waals surface area contributed by atoms with Gasteiger partial charge in [0.25, 0.3) is 5.91 Å². The maximum atomic E-state index is 13.9. The number of nitrogens with zero attached hydrogens (tertiary/aromatic N) is 4. The standard InChI is InChI=1S/C26H30F7N7O2/c1-14(36-20(41)6-10-26(31,32)33)16-2-3-17-18(12-16)38-22(37-17)21(15-4-8-25(29,30)9-5-15)39-24(42)23-34-13-35-40(23)11-7-19(27)28/h2-3,12-15,19,21H,4-11H2,1H3,(H,36,41)(H,37,38)(H,39,42)/t14-,21+/m1/s1. The first-order chi connectivity index (χ1) is 19.7. The van der Waals surface area contributed by atoms with Crippen LogP contribution < -0.4 is 10.6 Å². The molecule has 230 valence electrons. The molecule has 2 aromatic heterocycles. The van der Waals surface area contributed by atoms with E-state index in [1.54, 1.807) is 25.1 Å². The molecule has 0 saturated heterocycles. The highest BCUT2D eigenvalue weighted by molar-refractivity contribution is 5.91. The molecule has 2 amide bonds. The van der Waals surface area contributed by atoms with Crippen LogP contribution in [0.25, 0.3) is 11.0 Å². The Morgan fingerprint density at radius 1 is 1.17 bits per heavy atom. The number of imidazole rings is 1. The van der Waals surface area contributed by atoms with Gasteiger partial charge in [0.15, 0.2) is 0 Å².